The third kappa shape index (κ3) is 4.20. The number of hydrogen-bond acceptors (Lipinski definition) is 6. The first-order valence-corrected chi connectivity index (χ1v) is 8.92. The molecule has 0 unspecified atom stereocenters. The minimum atomic E-state index is -0.437. The number of carbonyl (C=O) groups excluding carboxylic acids is 1. The second kappa shape index (κ2) is 8.39. The maximum absolute atomic E-state index is 11.9. The maximum Gasteiger partial charge on any atom is 0.332 e. The number of esters is 1. The second-order valence-corrected chi connectivity index (χ2v) is 6.26. The van der Waals surface area contributed by atoms with Gasteiger partial charge in [-0.1, -0.05) is 42.5 Å². The number of nitro groups is 1. The van der Waals surface area contributed by atoms with E-state index in [1.54, 1.807) is 31.0 Å². The molecule has 7 nitrogen and oxygen atoms in total. The summed E-state index contributed by atoms with van der Waals surface area (Å²) in [5.74, 6) is -0.437. The lowest BCUT2D eigenvalue weighted by Gasteiger charge is -2.28. The van der Waals surface area contributed by atoms with E-state index in [-0.39, 0.29) is 18.3 Å². The second-order valence-electron chi connectivity index (χ2n) is 6.26. The van der Waals surface area contributed by atoms with Crippen molar-refractivity contribution in [2.45, 2.75) is 19.9 Å². The van der Waals surface area contributed by atoms with Crippen LogP contribution in [0.1, 0.15) is 31.0 Å². The molecular weight excluding hydrogens is 358 g/mol. The van der Waals surface area contributed by atoms with E-state index in [1.807, 2.05) is 42.5 Å². The molecule has 0 aliphatic carbocycles. The predicted octanol–water partition coefficient (Wildman–Crippen LogP) is 3.96. The highest BCUT2D eigenvalue weighted by Gasteiger charge is 2.28. The standard InChI is InChI=1S/C21H21N3O4/c1-3-28-21(25)12-15(2)23-20(17-10-7-11-18(13-17)24(26)27)14-19(22-23)16-8-5-4-6-9-16/h4-14,20,22H,3H2,1-2H3/b15-12-/t20-/m0/s1. The van der Waals surface area contributed by atoms with E-state index in [1.165, 1.54) is 12.1 Å². The highest BCUT2D eigenvalue weighted by Crippen LogP contribution is 2.34. The molecule has 1 N–H and O–H groups in total. The maximum atomic E-state index is 11.9. The number of hydrogen-bond donors (Lipinski definition) is 1. The quantitative estimate of drug-likeness (QED) is 0.354. The minimum absolute atomic E-state index is 0.0195. The van der Waals surface area contributed by atoms with E-state index in [4.69, 9.17) is 4.74 Å². The molecule has 1 atom stereocenters. The number of nitrogens with one attached hydrogen (secondary N) is 1. The largest absolute Gasteiger partial charge is 0.463 e. The van der Waals surface area contributed by atoms with E-state index >= 15 is 0 Å². The highest BCUT2D eigenvalue weighted by atomic mass is 16.6. The minimum Gasteiger partial charge on any atom is -0.463 e. The number of rotatable bonds is 6. The van der Waals surface area contributed by atoms with Crippen molar-refractivity contribution < 1.29 is 14.5 Å². The van der Waals surface area contributed by atoms with Crippen molar-refractivity contribution in [2.75, 3.05) is 6.61 Å². The summed E-state index contributed by atoms with van der Waals surface area (Å²) in [4.78, 5) is 22.6. The molecule has 0 spiro atoms. The fourth-order valence-corrected chi connectivity index (χ4v) is 3.05. The lowest BCUT2D eigenvalue weighted by Crippen LogP contribution is -2.32. The number of allylic oxidation sites excluding steroid dienone is 1. The normalized spacial score (nSPS) is 16.4. The van der Waals surface area contributed by atoms with Crippen molar-refractivity contribution in [3.8, 4) is 0 Å². The van der Waals surface area contributed by atoms with Crippen LogP contribution in [0.2, 0.25) is 0 Å². The lowest BCUT2D eigenvalue weighted by molar-refractivity contribution is -0.384. The number of carbonyl (C=O) groups is 1. The van der Waals surface area contributed by atoms with Gasteiger partial charge < -0.3 is 4.74 Å². The van der Waals surface area contributed by atoms with Crippen LogP contribution in [0.5, 0.6) is 0 Å². The number of ether oxygens (including phenoxy) is 1. The number of hydrazine groups is 1. The molecule has 0 saturated heterocycles. The average molecular weight is 379 g/mol. The van der Waals surface area contributed by atoms with Crippen LogP contribution in [-0.2, 0) is 9.53 Å². The van der Waals surface area contributed by atoms with Gasteiger partial charge >= 0.3 is 5.97 Å². The Morgan fingerprint density at radius 3 is 2.68 bits per heavy atom. The van der Waals surface area contributed by atoms with E-state index in [2.05, 4.69) is 5.43 Å². The van der Waals surface area contributed by atoms with Crippen molar-refractivity contribution in [2.24, 2.45) is 0 Å². The lowest BCUT2D eigenvalue weighted by atomic mass is 10.0. The third-order valence-corrected chi connectivity index (χ3v) is 4.34. The molecule has 1 aliphatic rings. The van der Waals surface area contributed by atoms with Crippen LogP contribution in [0, 0.1) is 10.1 Å². The van der Waals surface area contributed by atoms with Crippen LogP contribution in [0.25, 0.3) is 5.70 Å². The van der Waals surface area contributed by atoms with Crippen LogP contribution in [0.3, 0.4) is 0 Å². The Labute approximate surface area is 163 Å². The summed E-state index contributed by atoms with van der Waals surface area (Å²) >= 11 is 0. The van der Waals surface area contributed by atoms with Crippen LogP contribution in [0.4, 0.5) is 5.69 Å². The molecule has 144 valence electrons. The van der Waals surface area contributed by atoms with Gasteiger partial charge in [-0.3, -0.25) is 20.5 Å². The van der Waals surface area contributed by atoms with E-state index in [9.17, 15) is 14.9 Å². The van der Waals surface area contributed by atoms with Gasteiger partial charge in [-0.15, -0.1) is 0 Å². The van der Waals surface area contributed by atoms with Crippen molar-refractivity contribution in [1.29, 1.82) is 0 Å². The first-order chi connectivity index (χ1) is 13.5. The van der Waals surface area contributed by atoms with Gasteiger partial charge in [0.25, 0.3) is 5.69 Å². The zero-order valence-electron chi connectivity index (χ0n) is 15.7. The van der Waals surface area contributed by atoms with Gasteiger partial charge in [0, 0.05) is 23.9 Å². The predicted molar refractivity (Wildman–Crippen MR) is 106 cm³/mol. The Kier molecular flexibility index (Phi) is 5.74. The molecule has 1 aliphatic heterocycles. The summed E-state index contributed by atoms with van der Waals surface area (Å²) in [6, 6.07) is 15.9. The monoisotopic (exact) mass is 379 g/mol. The Bertz CT molecular complexity index is 938. The first-order valence-electron chi connectivity index (χ1n) is 8.92. The molecule has 3 rings (SSSR count). The summed E-state index contributed by atoms with van der Waals surface area (Å²) in [7, 11) is 0. The number of non-ortho nitro benzene ring substituents is 1. The van der Waals surface area contributed by atoms with Crippen LogP contribution < -0.4 is 5.43 Å². The van der Waals surface area contributed by atoms with Gasteiger partial charge in [0.15, 0.2) is 0 Å². The topological polar surface area (TPSA) is 84.7 Å². The summed E-state index contributed by atoms with van der Waals surface area (Å²) in [6.07, 6.45) is 3.39. The molecule has 0 saturated carbocycles. The van der Waals surface area contributed by atoms with Crippen LogP contribution >= 0.6 is 0 Å². The zero-order valence-corrected chi connectivity index (χ0v) is 15.7. The smallest absolute Gasteiger partial charge is 0.332 e. The summed E-state index contributed by atoms with van der Waals surface area (Å²) < 4.78 is 5.00. The van der Waals surface area contributed by atoms with Gasteiger partial charge in [-0.05, 0) is 31.1 Å². The molecule has 28 heavy (non-hydrogen) atoms. The summed E-state index contributed by atoms with van der Waals surface area (Å²) in [6.45, 7) is 3.82. The Balaban J connectivity index is 2.00. The Hall–Kier alpha value is -3.61. The molecular formula is C21H21N3O4. The van der Waals surface area contributed by atoms with Gasteiger partial charge in [0.1, 0.15) is 0 Å². The SMILES string of the molecule is CCOC(=O)/C=C(/C)N1NC(c2ccccc2)=C[C@H]1c1cccc([N+](=O)[O-])c1. The highest BCUT2D eigenvalue weighted by molar-refractivity contribution is 5.82. The van der Waals surface area contributed by atoms with Gasteiger partial charge in [-0.25, -0.2) is 4.79 Å². The van der Waals surface area contributed by atoms with Crippen molar-refractivity contribution in [3.63, 3.8) is 0 Å². The third-order valence-electron chi connectivity index (χ3n) is 4.34. The summed E-state index contributed by atoms with van der Waals surface area (Å²) in [5.41, 5.74) is 6.53. The summed E-state index contributed by atoms with van der Waals surface area (Å²) in [5, 5.41) is 13.0. The van der Waals surface area contributed by atoms with E-state index in [0.29, 0.717) is 5.70 Å². The molecule has 0 radical (unpaired) electrons. The van der Waals surface area contributed by atoms with Crippen molar-refractivity contribution >= 4 is 17.4 Å². The molecule has 0 aromatic heterocycles. The Morgan fingerprint density at radius 2 is 2.00 bits per heavy atom. The molecule has 2 aromatic carbocycles. The van der Waals surface area contributed by atoms with Gasteiger partial charge in [-0.2, -0.15) is 0 Å². The fraction of sp³-hybridized carbons (Fsp3) is 0.190. The average Bonchev–Trinajstić information content (AvgIpc) is 3.14. The molecule has 0 amide bonds. The van der Waals surface area contributed by atoms with Crippen molar-refractivity contribution in [3.05, 3.63) is 93.7 Å². The van der Waals surface area contributed by atoms with Crippen LogP contribution in [-0.4, -0.2) is 22.5 Å². The molecule has 2 aromatic rings. The van der Waals surface area contributed by atoms with E-state index < -0.39 is 10.9 Å². The fourth-order valence-electron chi connectivity index (χ4n) is 3.05. The van der Waals surface area contributed by atoms with Crippen molar-refractivity contribution in [1.82, 2.24) is 10.4 Å². The number of nitrogens with zero attached hydrogens (tertiary/aromatic N) is 2. The molecule has 1 heterocycles. The van der Waals surface area contributed by atoms with Gasteiger partial charge in [0.05, 0.1) is 23.3 Å². The van der Waals surface area contributed by atoms with Gasteiger partial charge in [0.2, 0.25) is 0 Å². The zero-order chi connectivity index (χ0) is 20.1. The first kappa shape index (κ1) is 19.2. The van der Waals surface area contributed by atoms with Crippen LogP contribution in [0.15, 0.2) is 72.4 Å². The number of benzene rings is 2. The molecule has 0 bridgehead atoms. The Morgan fingerprint density at radius 1 is 1.25 bits per heavy atom. The number of nitro benzene ring substituents is 1. The molecule has 7 heteroatoms. The molecule has 0 fully saturated rings. The van der Waals surface area contributed by atoms with E-state index in [0.717, 1.165) is 16.8 Å².